The number of piperazine rings is 1. The molecule has 1 aromatic rings. The van der Waals surface area contributed by atoms with Gasteiger partial charge in [-0.2, -0.15) is 0 Å². The van der Waals surface area contributed by atoms with Crippen LogP contribution in [0.4, 0.5) is 0 Å². The Kier molecular flexibility index (Phi) is 7.37. The fraction of sp³-hybridized carbons (Fsp3) is 0.682. The van der Waals surface area contributed by atoms with Crippen LogP contribution in [-0.4, -0.2) is 91.2 Å². The number of piperidine rings is 2. The molecule has 1 aliphatic carbocycles. The Balaban J connectivity index is 0.00000128. The number of likely N-dealkylation sites (N-methyl/N-ethyl adjacent to an activating group) is 1. The van der Waals surface area contributed by atoms with Gasteiger partial charge in [0.25, 0.3) is 0 Å². The monoisotopic (exact) mass is 456 g/mol. The molecular weight excluding hydrogens is 423 g/mol. The van der Waals surface area contributed by atoms with Crippen molar-refractivity contribution in [2.75, 3.05) is 59.4 Å². The second-order valence-corrected chi connectivity index (χ2v) is 9.19. The summed E-state index contributed by atoms with van der Waals surface area (Å²) in [5, 5.41) is 15.2. The van der Waals surface area contributed by atoms with Gasteiger partial charge in [-0.3, -0.25) is 9.69 Å². The van der Waals surface area contributed by atoms with Gasteiger partial charge in [-0.25, -0.2) is 0 Å². The highest BCUT2D eigenvalue weighted by molar-refractivity contribution is 5.85. The van der Waals surface area contributed by atoms with Crippen molar-refractivity contribution in [2.24, 2.45) is 17.8 Å². The van der Waals surface area contributed by atoms with E-state index >= 15 is 0 Å². The van der Waals surface area contributed by atoms with Gasteiger partial charge in [0, 0.05) is 45.2 Å². The SMILES string of the molecule is CN1CCN([C@@H]2CN(C(=O)C3[C@H]4CNC[C@@H]34)CC[C@]2(O)c2ccccc2)CC1.Cl.Cl. The summed E-state index contributed by atoms with van der Waals surface area (Å²) >= 11 is 0. The van der Waals surface area contributed by atoms with Gasteiger partial charge in [-0.15, -0.1) is 24.8 Å². The summed E-state index contributed by atoms with van der Waals surface area (Å²) in [7, 11) is 2.15. The van der Waals surface area contributed by atoms with Crippen molar-refractivity contribution in [3.05, 3.63) is 35.9 Å². The van der Waals surface area contributed by atoms with E-state index in [-0.39, 0.29) is 36.8 Å². The Hall–Kier alpha value is -0.890. The number of nitrogens with one attached hydrogen (secondary N) is 1. The number of benzene rings is 1. The van der Waals surface area contributed by atoms with E-state index < -0.39 is 5.60 Å². The summed E-state index contributed by atoms with van der Waals surface area (Å²) in [5.41, 5.74) is 0.0908. The highest BCUT2D eigenvalue weighted by Crippen LogP contribution is 2.50. The van der Waals surface area contributed by atoms with Crippen molar-refractivity contribution in [1.82, 2.24) is 20.0 Å². The topological polar surface area (TPSA) is 59.0 Å². The maximum atomic E-state index is 13.2. The van der Waals surface area contributed by atoms with Gasteiger partial charge in [-0.1, -0.05) is 30.3 Å². The molecule has 1 saturated carbocycles. The molecule has 2 N–H and O–H groups in total. The van der Waals surface area contributed by atoms with Crippen LogP contribution in [0.3, 0.4) is 0 Å². The molecule has 0 aromatic heterocycles. The van der Waals surface area contributed by atoms with Gasteiger partial charge in [0.2, 0.25) is 5.91 Å². The highest BCUT2D eigenvalue weighted by atomic mass is 35.5. The molecule has 5 rings (SSSR count). The summed E-state index contributed by atoms with van der Waals surface area (Å²) in [6.07, 6.45) is 0.611. The first-order chi connectivity index (χ1) is 13.6. The molecule has 3 saturated heterocycles. The minimum atomic E-state index is -0.894. The number of fused-ring (bicyclic) bond motifs is 1. The van der Waals surface area contributed by atoms with Crippen LogP contribution in [-0.2, 0) is 10.4 Å². The van der Waals surface area contributed by atoms with Crippen molar-refractivity contribution in [3.8, 4) is 0 Å². The molecule has 30 heavy (non-hydrogen) atoms. The lowest BCUT2D eigenvalue weighted by molar-refractivity contribution is -0.147. The Labute approximate surface area is 191 Å². The third-order valence-electron chi connectivity index (χ3n) is 7.65. The Morgan fingerprint density at radius 3 is 2.30 bits per heavy atom. The lowest BCUT2D eigenvalue weighted by Gasteiger charge is -2.51. The molecule has 0 bridgehead atoms. The Morgan fingerprint density at radius 2 is 1.67 bits per heavy atom. The molecule has 1 unspecified atom stereocenters. The number of halogens is 2. The molecule has 3 aliphatic heterocycles. The van der Waals surface area contributed by atoms with Gasteiger partial charge in [0.1, 0.15) is 5.60 Å². The van der Waals surface area contributed by atoms with Gasteiger partial charge in [0.15, 0.2) is 0 Å². The lowest BCUT2D eigenvalue weighted by Crippen LogP contribution is -2.64. The maximum absolute atomic E-state index is 13.2. The molecule has 1 amide bonds. The molecule has 3 heterocycles. The molecule has 4 fully saturated rings. The number of hydrogen-bond donors (Lipinski definition) is 2. The largest absolute Gasteiger partial charge is 0.383 e. The molecule has 168 valence electrons. The Bertz CT molecular complexity index is 721. The number of hydrogen-bond acceptors (Lipinski definition) is 5. The van der Waals surface area contributed by atoms with E-state index in [1.54, 1.807) is 0 Å². The van der Waals surface area contributed by atoms with Gasteiger partial charge < -0.3 is 20.2 Å². The zero-order chi connectivity index (χ0) is 19.3. The second kappa shape index (κ2) is 9.31. The summed E-state index contributed by atoms with van der Waals surface area (Å²) in [5.74, 6) is 1.64. The zero-order valence-electron chi connectivity index (χ0n) is 17.6. The predicted molar refractivity (Wildman–Crippen MR) is 122 cm³/mol. The van der Waals surface area contributed by atoms with E-state index in [4.69, 9.17) is 0 Å². The number of rotatable bonds is 3. The van der Waals surface area contributed by atoms with Crippen molar-refractivity contribution in [1.29, 1.82) is 0 Å². The second-order valence-electron chi connectivity index (χ2n) is 9.19. The number of aliphatic hydroxyl groups is 1. The molecule has 8 heteroatoms. The summed E-state index contributed by atoms with van der Waals surface area (Å²) in [6.45, 7) is 7.17. The normalized spacial score (nSPS) is 36.4. The predicted octanol–water partition coefficient (Wildman–Crippen LogP) is 1.03. The number of carbonyl (C=O) groups excluding carboxylic acids is 1. The molecular formula is C22H34Cl2N4O2. The number of amides is 1. The Morgan fingerprint density at radius 1 is 1.03 bits per heavy atom. The molecule has 6 nitrogen and oxygen atoms in total. The zero-order valence-corrected chi connectivity index (χ0v) is 19.2. The van der Waals surface area contributed by atoms with Gasteiger partial charge in [0.05, 0.1) is 6.04 Å². The van der Waals surface area contributed by atoms with Crippen LogP contribution < -0.4 is 5.32 Å². The van der Waals surface area contributed by atoms with E-state index in [0.717, 1.165) is 44.8 Å². The van der Waals surface area contributed by atoms with Crippen LogP contribution in [0.15, 0.2) is 30.3 Å². The van der Waals surface area contributed by atoms with Crippen LogP contribution in [0.2, 0.25) is 0 Å². The van der Waals surface area contributed by atoms with Crippen molar-refractivity contribution < 1.29 is 9.90 Å². The van der Waals surface area contributed by atoms with Crippen molar-refractivity contribution in [2.45, 2.75) is 18.1 Å². The third kappa shape index (κ3) is 4.10. The third-order valence-corrected chi connectivity index (χ3v) is 7.65. The number of likely N-dealkylation sites (tertiary alicyclic amines) is 1. The van der Waals surface area contributed by atoms with E-state index in [1.165, 1.54) is 0 Å². The lowest BCUT2D eigenvalue weighted by atomic mass is 9.79. The maximum Gasteiger partial charge on any atom is 0.226 e. The first-order valence-corrected chi connectivity index (χ1v) is 10.8. The van der Waals surface area contributed by atoms with Crippen LogP contribution in [0.25, 0.3) is 0 Å². The van der Waals surface area contributed by atoms with Crippen LogP contribution in [0, 0.1) is 17.8 Å². The minimum absolute atomic E-state index is 0. The average Bonchev–Trinajstić information content (AvgIpc) is 3.20. The van der Waals surface area contributed by atoms with E-state index in [1.807, 2.05) is 30.3 Å². The highest BCUT2D eigenvalue weighted by Gasteiger charge is 2.59. The first-order valence-electron chi connectivity index (χ1n) is 10.8. The quantitative estimate of drug-likeness (QED) is 0.711. The standard InChI is InChI=1S/C22H32N4O2.2ClH/c1-24-9-11-25(12-10-24)19-15-26(21(27)20-17-13-23-14-18(17)20)8-7-22(19,28)16-5-3-2-4-6-16;;/h2-6,17-20,23,28H,7-15H2,1H3;2*1H/t17-,18+,19-,20?,22+;;/m1../s1. The van der Waals surface area contributed by atoms with Crippen LogP contribution in [0.1, 0.15) is 12.0 Å². The molecule has 5 atom stereocenters. The minimum Gasteiger partial charge on any atom is -0.383 e. The van der Waals surface area contributed by atoms with Gasteiger partial charge in [-0.05, 0) is 44.0 Å². The molecule has 0 spiro atoms. The number of carbonyl (C=O) groups is 1. The van der Waals surface area contributed by atoms with Crippen LogP contribution >= 0.6 is 24.8 Å². The van der Waals surface area contributed by atoms with Crippen LogP contribution in [0.5, 0.6) is 0 Å². The van der Waals surface area contributed by atoms with E-state index in [9.17, 15) is 9.90 Å². The summed E-state index contributed by atoms with van der Waals surface area (Å²) in [4.78, 5) is 20.0. The fourth-order valence-corrected chi connectivity index (χ4v) is 5.73. The molecule has 4 aliphatic rings. The smallest absolute Gasteiger partial charge is 0.226 e. The molecule has 0 radical (unpaired) electrons. The van der Waals surface area contributed by atoms with Crippen molar-refractivity contribution >= 4 is 30.7 Å². The van der Waals surface area contributed by atoms with E-state index in [0.29, 0.717) is 37.3 Å². The first kappa shape index (κ1) is 23.8. The fourth-order valence-electron chi connectivity index (χ4n) is 5.73. The molecule has 1 aromatic carbocycles. The van der Waals surface area contributed by atoms with E-state index in [2.05, 4.69) is 27.1 Å². The summed E-state index contributed by atoms with van der Waals surface area (Å²) < 4.78 is 0. The number of nitrogens with zero attached hydrogens (tertiary/aromatic N) is 3. The van der Waals surface area contributed by atoms with Crippen molar-refractivity contribution in [3.63, 3.8) is 0 Å². The average molecular weight is 457 g/mol. The summed E-state index contributed by atoms with van der Waals surface area (Å²) in [6, 6.07) is 10.0. The van der Waals surface area contributed by atoms with Gasteiger partial charge >= 0.3 is 0 Å².